The fourth-order valence-electron chi connectivity index (χ4n) is 4.35. The number of nitrogens with one attached hydrogen (secondary N) is 2. The van der Waals surface area contributed by atoms with Crippen molar-refractivity contribution < 1.29 is 9.53 Å². The van der Waals surface area contributed by atoms with Gasteiger partial charge in [-0.25, -0.2) is 4.99 Å². The molecule has 2 aromatic rings. The Morgan fingerprint density at radius 2 is 1.79 bits per heavy atom. The van der Waals surface area contributed by atoms with E-state index in [1.807, 2.05) is 30.3 Å². The number of rotatable bonds is 8. The molecule has 1 aliphatic rings. The van der Waals surface area contributed by atoms with Gasteiger partial charge in [-0.15, -0.1) is 24.0 Å². The number of carbonyl (C=O) groups is 1. The highest BCUT2D eigenvalue weighted by Crippen LogP contribution is 2.41. The zero-order valence-corrected chi connectivity index (χ0v) is 22.5. The molecule has 33 heavy (non-hydrogen) atoms. The lowest BCUT2D eigenvalue weighted by atomic mass is 9.78. The summed E-state index contributed by atoms with van der Waals surface area (Å²) in [5, 5.41) is 6.96. The Morgan fingerprint density at radius 1 is 1.09 bits per heavy atom. The lowest BCUT2D eigenvalue weighted by molar-refractivity contribution is 0.0827. The van der Waals surface area contributed by atoms with E-state index in [0.717, 1.165) is 43.2 Å². The first-order valence-corrected chi connectivity index (χ1v) is 11.4. The van der Waals surface area contributed by atoms with Crippen molar-refractivity contribution in [2.75, 3.05) is 34.3 Å². The van der Waals surface area contributed by atoms with Gasteiger partial charge in [0.25, 0.3) is 5.91 Å². The van der Waals surface area contributed by atoms with E-state index in [1.54, 1.807) is 26.1 Å². The molecule has 0 atom stereocenters. The van der Waals surface area contributed by atoms with Crippen LogP contribution in [0.2, 0.25) is 0 Å². The van der Waals surface area contributed by atoms with E-state index in [0.29, 0.717) is 12.1 Å². The van der Waals surface area contributed by atoms with Gasteiger partial charge in [-0.05, 0) is 55.2 Å². The first-order chi connectivity index (χ1) is 15.5. The zero-order valence-electron chi connectivity index (χ0n) is 20.2. The monoisotopic (exact) mass is 564 g/mol. The maximum Gasteiger partial charge on any atom is 0.253 e. The summed E-state index contributed by atoms with van der Waals surface area (Å²) in [6, 6.07) is 16.1. The second-order valence-corrected chi connectivity index (χ2v) is 8.66. The highest BCUT2D eigenvalue weighted by atomic mass is 127. The van der Waals surface area contributed by atoms with E-state index in [4.69, 9.17) is 9.73 Å². The molecule has 180 valence electrons. The van der Waals surface area contributed by atoms with Crippen molar-refractivity contribution in [2.45, 2.75) is 44.6 Å². The predicted octanol–water partition coefficient (Wildman–Crippen LogP) is 4.58. The Labute approximate surface area is 215 Å². The quantitative estimate of drug-likeness (QED) is 0.280. The summed E-state index contributed by atoms with van der Waals surface area (Å²) < 4.78 is 5.47. The third-order valence-electron chi connectivity index (χ3n) is 6.21. The van der Waals surface area contributed by atoms with Crippen molar-refractivity contribution in [1.29, 1.82) is 0 Å². The van der Waals surface area contributed by atoms with Gasteiger partial charge in [-0.2, -0.15) is 0 Å². The van der Waals surface area contributed by atoms with Crippen LogP contribution in [-0.2, 0) is 12.0 Å². The molecule has 0 unspecified atom stereocenters. The SMILES string of the molecule is CCNC(=NCc1ccc(C(=O)N(C)C)cc1)NCC1(c2cccc(OC)c2)CCCC1.I. The number of hydrogen-bond donors (Lipinski definition) is 2. The van der Waals surface area contributed by atoms with E-state index >= 15 is 0 Å². The molecule has 0 heterocycles. The van der Waals surface area contributed by atoms with Crippen LogP contribution in [-0.4, -0.2) is 51.1 Å². The topological polar surface area (TPSA) is 66.0 Å². The van der Waals surface area contributed by atoms with Crippen molar-refractivity contribution in [3.63, 3.8) is 0 Å². The van der Waals surface area contributed by atoms with Crippen LogP contribution >= 0.6 is 24.0 Å². The molecule has 2 aromatic carbocycles. The summed E-state index contributed by atoms with van der Waals surface area (Å²) in [5.74, 6) is 1.73. The molecule has 0 radical (unpaired) electrons. The van der Waals surface area contributed by atoms with Crippen molar-refractivity contribution in [2.24, 2.45) is 4.99 Å². The second-order valence-electron chi connectivity index (χ2n) is 8.66. The Morgan fingerprint density at radius 3 is 2.39 bits per heavy atom. The van der Waals surface area contributed by atoms with Crippen LogP contribution in [0.25, 0.3) is 0 Å². The first kappa shape index (κ1) is 27.0. The summed E-state index contributed by atoms with van der Waals surface area (Å²) in [7, 11) is 5.24. The van der Waals surface area contributed by atoms with Gasteiger partial charge in [-0.1, -0.05) is 37.1 Å². The number of hydrogen-bond acceptors (Lipinski definition) is 3. The number of benzene rings is 2. The minimum Gasteiger partial charge on any atom is -0.497 e. The van der Waals surface area contributed by atoms with Crippen LogP contribution in [0.3, 0.4) is 0 Å². The minimum atomic E-state index is 0. The van der Waals surface area contributed by atoms with E-state index in [2.05, 4.69) is 35.8 Å². The van der Waals surface area contributed by atoms with Gasteiger partial charge < -0.3 is 20.3 Å². The summed E-state index contributed by atoms with van der Waals surface area (Å²) in [5.41, 5.74) is 3.19. The molecule has 0 saturated heterocycles. The van der Waals surface area contributed by atoms with E-state index < -0.39 is 0 Å². The number of methoxy groups -OCH3 is 1. The van der Waals surface area contributed by atoms with E-state index in [1.165, 1.54) is 18.4 Å². The highest BCUT2D eigenvalue weighted by Gasteiger charge is 2.36. The van der Waals surface area contributed by atoms with Gasteiger partial charge in [0.05, 0.1) is 13.7 Å². The Kier molecular flexibility index (Phi) is 10.5. The highest BCUT2D eigenvalue weighted by molar-refractivity contribution is 14.0. The smallest absolute Gasteiger partial charge is 0.253 e. The van der Waals surface area contributed by atoms with E-state index in [9.17, 15) is 4.79 Å². The van der Waals surface area contributed by atoms with Crippen molar-refractivity contribution in [3.8, 4) is 5.75 Å². The molecular weight excluding hydrogens is 527 g/mol. The third kappa shape index (κ3) is 7.09. The van der Waals surface area contributed by atoms with Crippen LogP contribution in [0.4, 0.5) is 0 Å². The largest absolute Gasteiger partial charge is 0.497 e. The number of ether oxygens (including phenoxy) is 1. The standard InChI is InChI=1S/C26H36N4O2.HI/c1-5-27-25(28-18-20-11-13-21(14-12-20)24(31)30(2)3)29-19-26(15-6-7-16-26)22-9-8-10-23(17-22)32-4;/h8-14,17H,5-7,15-16,18-19H2,1-4H3,(H2,27,28,29);1H. The molecular formula is C26H37IN4O2. The second kappa shape index (κ2) is 12.8. The Hall–Kier alpha value is -2.29. The number of amides is 1. The Bertz CT molecular complexity index is 922. The maximum absolute atomic E-state index is 12.1. The van der Waals surface area contributed by atoms with Crippen LogP contribution in [0.15, 0.2) is 53.5 Å². The predicted molar refractivity (Wildman–Crippen MR) is 146 cm³/mol. The van der Waals surface area contributed by atoms with Crippen LogP contribution in [0, 0.1) is 0 Å². The number of nitrogens with zero attached hydrogens (tertiary/aromatic N) is 2. The number of aliphatic imine (C=N–C) groups is 1. The number of carbonyl (C=O) groups excluding carboxylic acids is 1. The first-order valence-electron chi connectivity index (χ1n) is 11.4. The van der Waals surface area contributed by atoms with Crippen molar-refractivity contribution in [3.05, 3.63) is 65.2 Å². The van der Waals surface area contributed by atoms with Crippen LogP contribution < -0.4 is 15.4 Å². The summed E-state index contributed by atoms with van der Waals surface area (Å²) in [6.07, 6.45) is 4.80. The van der Waals surface area contributed by atoms with Gasteiger partial charge in [0.1, 0.15) is 5.75 Å². The fraction of sp³-hybridized carbons (Fsp3) is 0.462. The lowest BCUT2D eigenvalue weighted by Crippen LogP contribution is -2.44. The molecule has 0 aromatic heterocycles. The molecule has 1 aliphatic carbocycles. The van der Waals surface area contributed by atoms with Crippen LogP contribution in [0.1, 0.15) is 54.1 Å². The van der Waals surface area contributed by atoms with Crippen LogP contribution in [0.5, 0.6) is 5.75 Å². The molecule has 0 aliphatic heterocycles. The number of guanidine groups is 1. The van der Waals surface area contributed by atoms with Gasteiger partial charge in [0.2, 0.25) is 0 Å². The lowest BCUT2D eigenvalue weighted by Gasteiger charge is -2.31. The molecule has 2 N–H and O–H groups in total. The molecule has 1 fully saturated rings. The molecule has 0 bridgehead atoms. The average Bonchev–Trinajstić information content (AvgIpc) is 3.31. The Balaban J connectivity index is 0.00000385. The van der Waals surface area contributed by atoms with Gasteiger partial charge >= 0.3 is 0 Å². The number of halogens is 1. The molecule has 3 rings (SSSR count). The van der Waals surface area contributed by atoms with Gasteiger partial charge in [-0.3, -0.25) is 4.79 Å². The van der Waals surface area contributed by atoms with Gasteiger partial charge in [0, 0.05) is 38.2 Å². The maximum atomic E-state index is 12.1. The van der Waals surface area contributed by atoms with E-state index in [-0.39, 0.29) is 35.3 Å². The molecule has 1 saturated carbocycles. The fourth-order valence-corrected chi connectivity index (χ4v) is 4.35. The molecule has 6 nitrogen and oxygen atoms in total. The van der Waals surface area contributed by atoms with Crippen molar-refractivity contribution >= 4 is 35.8 Å². The van der Waals surface area contributed by atoms with Gasteiger partial charge in [0.15, 0.2) is 5.96 Å². The van der Waals surface area contributed by atoms with Crippen molar-refractivity contribution in [1.82, 2.24) is 15.5 Å². The molecule has 7 heteroatoms. The minimum absolute atomic E-state index is 0. The average molecular weight is 565 g/mol. The zero-order chi connectivity index (χ0) is 23.0. The summed E-state index contributed by atoms with van der Waals surface area (Å²) >= 11 is 0. The normalized spacial score (nSPS) is 14.8. The molecule has 1 amide bonds. The molecule has 0 spiro atoms. The summed E-state index contributed by atoms with van der Waals surface area (Å²) in [6.45, 7) is 4.26. The summed E-state index contributed by atoms with van der Waals surface area (Å²) in [4.78, 5) is 18.4. The third-order valence-corrected chi connectivity index (χ3v) is 6.21.